The maximum atomic E-state index is 5.75. The molecule has 1 aliphatic heterocycles. The quantitative estimate of drug-likeness (QED) is 0.118. The Labute approximate surface area is 396 Å². The number of fused-ring (bicyclic) bond motifs is 5. The molecule has 3 aromatic heterocycles. The van der Waals surface area contributed by atoms with Crippen molar-refractivity contribution < 1.29 is 30.4 Å². The third kappa shape index (κ3) is 7.65. The number of hydrogen-bond acceptors (Lipinski definition) is 2. The molecule has 6 heteroatoms. The van der Waals surface area contributed by atoms with Crippen LogP contribution in [0.5, 0.6) is 0 Å². The van der Waals surface area contributed by atoms with E-state index in [1.165, 1.54) is 27.6 Å². The molecule has 0 spiro atoms. The molecule has 65 heavy (non-hydrogen) atoms. The summed E-state index contributed by atoms with van der Waals surface area (Å²) in [6.45, 7) is 14.9. The van der Waals surface area contributed by atoms with E-state index >= 15 is 0 Å². The van der Waals surface area contributed by atoms with Crippen LogP contribution in [0.15, 0.2) is 158 Å². The summed E-state index contributed by atoms with van der Waals surface area (Å²) in [5.41, 5.74) is 18.1. The Bertz CT molecular complexity index is 3420. The molecule has 0 radical (unpaired) electrons. The number of rotatable bonds is 7. The van der Waals surface area contributed by atoms with Crippen LogP contribution in [0.1, 0.15) is 74.9 Å². The third-order valence-electron chi connectivity index (χ3n) is 12.8. The summed E-state index contributed by atoms with van der Waals surface area (Å²) >= 11 is 0. The van der Waals surface area contributed by atoms with E-state index in [-0.39, 0.29) is 31.9 Å². The van der Waals surface area contributed by atoms with Crippen molar-refractivity contribution >= 4 is 32.8 Å². The van der Waals surface area contributed by atoms with Gasteiger partial charge < -0.3 is 13.9 Å². The van der Waals surface area contributed by atoms with Crippen LogP contribution >= 0.6 is 0 Å². The number of hydrogen-bond donors (Lipinski definition) is 0. The number of ether oxygens (including phenoxy) is 1. The zero-order chi connectivity index (χ0) is 43.7. The Balaban J connectivity index is 0.00000498. The van der Waals surface area contributed by atoms with Gasteiger partial charge in [0.25, 0.3) is 6.33 Å². The van der Waals surface area contributed by atoms with E-state index in [9.17, 15) is 0 Å². The largest absolute Gasteiger partial charge is 0.372 e. The molecule has 0 fully saturated rings. The summed E-state index contributed by atoms with van der Waals surface area (Å²) in [6, 6.07) is 62.6. The summed E-state index contributed by atoms with van der Waals surface area (Å²) in [5.74, 6) is 0.884. The molecular weight excluding hydrogens is 976 g/mol. The second-order valence-electron chi connectivity index (χ2n) is 19.2. The molecule has 0 amide bonds. The second kappa shape index (κ2) is 16.6. The minimum absolute atomic E-state index is 0. The first-order valence-corrected chi connectivity index (χ1v) is 22.3. The summed E-state index contributed by atoms with van der Waals surface area (Å²) in [5, 5.41) is 2.34. The monoisotopic (exact) mass is 1030 g/mol. The van der Waals surface area contributed by atoms with E-state index in [1.54, 1.807) is 0 Å². The first kappa shape index (κ1) is 42.6. The second-order valence-corrected chi connectivity index (χ2v) is 19.2. The van der Waals surface area contributed by atoms with Gasteiger partial charge in [-0.2, -0.15) is 53.6 Å². The molecule has 11 rings (SSSR count). The molecule has 324 valence electrons. The minimum atomic E-state index is -0.0671. The van der Waals surface area contributed by atoms with E-state index in [1.807, 2.05) is 6.20 Å². The number of aromatic nitrogens is 4. The van der Waals surface area contributed by atoms with Crippen molar-refractivity contribution in [1.82, 2.24) is 14.1 Å². The van der Waals surface area contributed by atoms with Gasteiger partial charge in [-0.3, -0.25) is 4.57 Å². The van der Waals surface area contributed by atoms with Crippen molar-refractivity contribution in [3.8, 4) is 39.4 Å². The van der Waals surface area contributed by atoms with E-state index in [4.69, 9.17) is 9.72 Å². The molecule has 0 atom stereocenters. The van der Waals surface area contributed by atoms with Gasteiger partial charge in [0, 0.05) is 38.3 Å². The van der Waals surface area contributed by atoms with Crippen molar-refractivity contribution in [2.45, 2.75) is 72.0 Å². The van der Waals surface area contributed by atoms with E-state index < -0.39 is 0 Å². The van der Waals surface area contributed by atoms with Crippen molar-refractivity contribution in [3.63, 3.8) is 0 Å². The maximum absolute atomic E-state index is 5.75. The molecule has 1 aliphatic rings. The zero-order valence-corrected chi connectivity index (χ0v) is 39.9. The molecular formula is C59H50N4OPt-2. The minimum Gasteiger partial charge on any atom is -0.372 e. The Morgan fingerprint density at radius 2 is 1.31 bits per heavy atom. The first-order chi connectivity index (χ1) is 31.0. The topological polar surface area (TPSA) is 35.9 Å². The van der Waals surface area contributed by atoms with Gasteiger partial charge in [0.1, 0.15) is 5.82 Å². The van der Waals surface area contributed by atoms with Gasteiger partial charge in [0.2, 0.25) is 0 Å². The summed E-state index contributed by atoms with van der Waals surface area (Å²) in [7, 11) is 0. The maximum Gasteiger partial charge on any atom is 0.268 e. The van der Waals surface area contributed by atoms with Gasteiger partial charge in [-0.15, -0.1) is 5.39 Å². The van der Waals surface area contributed by atoms with Crippen molar-refractivity contribution in [3.05, 3.63) is 210 Å². The predicted molar refractivity (Wildman–Crippen MR) is 259 cm³/mol. The SMILES string of the molecule is CC(C)(C)c1ccc(-c2cccc(-c3ccccc3C(C)(C)C)c2-[n+]2[c-]n(-c3[c-]c(Cc4[c-]c5c(cc4)c4ccccc4n5-c4cc5c(cn4)COC5)ccc3)c3ccccc32)cc1.[Pt]. The van der Waals surface area contributed by atoms with E-state index in [2.05, 4.69) is 225 Å². The van der Waals surface area contributed by atoms with Gasteiger partial charge in [-0.25, -0.2) is 4.98 Å². The fourth-order valence-electron chi connectivity index (χ4n) is 9.55. The molecule has 0 N–H and O–H groups in total. The normalized spacial score (nSPS) is 12.8. The molecule has 0 saturated heterocycles. The third-order valence-corrected chi connectivity index (χ3v) is 12.8. The van der Waals surface area contributed by atoms with Crippen LogP contribution < -0.4 is 4.57 Å². The molecule has 0 unspecified atom stereocenters. The average Bonchev–Trinajstić information content (AvgIpc) is 4.02. The smallest absolute Gasteiger partial charge is 0.268 e. The number of imidazole rings is 1. The molecule has 5 nitrogen and oxygen atoms in total. The molecule has 4 heterocycles. The summed E-state index contributed by atoms with van der Waals surface area (Å²) in [6.07, 6.45) is 6.51. The van der Waals surface area contributed by atoms with Crippen molar-refractivity contribution in [1.29, 1.82) is 0 Å². The van der Waals surface area contributed by atoms with Gasteiger partial charge in [-0.05, 0) is 79.4 Å². The van der Waals surface area contributed by atoms with Gasteiger partial charge >= 0.3 is 0 Å². The van der Waals surface area contributed by atoms with Gasteiger partial charge in [0.15, 0.2) is 0 Å². The Morgan fingerprint density at radius 3 is 2.12 bits per heavy atom. The van der Waals surface area contributed by atoms with Crippen molar-refractivity contribution in [2.24, 2.45) is 0 Å². The molecule has 10 aromatic rings. The molecule has 0 saturated carbocycles. The van der Waals surface area contributed by atoms with E-state index in [0.29, 0.717) is 19.6 Å². The van der Waals surface area contributed by atoms with Crippen LogP contribution in [-0.2, 0) is 56.3 Å². The fourth-order valence-corrected chi connectivity index (χ4v) is 9.55. The number of benzene rings is 7. The van der Waals surface area contributed by atoms with Crippen LogP contribution in [0.25, 0.3) is 72.3 Å². The Hall–Kier alpha value is -6.39. The Morgan fingerprint density at radius 1 is 0.615 bits per heavy atom. The number of nitrogens with zero attached hydrogens (tertiary/aromatic N) is 4. The molecule has 0 bridgehead atoms. The summed E-state index contributed by atoms with van der Waals surface area (Å²) < 4.78 is 12.4. The van der Waals surface area contributed by atoms with E-state index in [0.717, 1.165) is 78.0 Å². The standard InChI is InChI=1S/C59H50N4O.Pt/c1-58(2,3)44-28-26-41(27-29-44)46-19-14-20-50(47-17-7-9-21-51(47)59(4,5)6)57(46)62-38-61(53-23-11-12-24-54(53)62)45-16-13-15-39(32-45)31-40-25-30-49-48-18-8-10-22-52(48)63(55(49)33-40)56-34-42-36-64-37-43(42)35-60-56;/h7-30,34-35H,31,36-37H2,1-6H3;/q-2;. The number of pyridine rings is 1. The zero-order valence-electron chi connectivity index (χ0n) is 37.6. The van der Waals surface area contributed by atoms with Crippen LogP contribution in [0.4, 0.5) is 0 Å². The summed E-state index contributed by atoms with van der Waals surface area (Å²) in [4.78, 5) is 4.92. The average molecular weight is 1030 g/mol. The van der Waals surface area contributed by atoms with Crippen molar-refractivity contribution in [2.75, 3.05) is 0 Å². The van der Waals surface area contributed by atoms with Gasteiger partial charge in [0.05, 0.1) is 29.9 Å². The van der Waals surface area contributed by atoms with Crippen LogP contribution in [0.3, 0.4) is 0 Å². The van der Waals surface area contributed by atoms with Crippen LogP contribution in [0, 0.1) is 18.5 Å². The fraction of sp³-hybridized carbons (Fsp3) is 0.186. The number of para-hydroxylation sites is 4. The molecule has 7 aromatic carbocycles. The first-order valence-electron chi connectivity index (χ1n) is 22.3. The predicted octanol–water partition coefficient (Wildman–Crippen LogP) is 13.3. The van der Waals surface area contributed by atoms with Crippen LogP contribution in [-0.4, -0.2) is 14.1 Å². The Kier molecular flexibility index (Phi) is 10.8. The molecule has 0 aliphatic carbocycles. The van der Waals surface area contributed by atoms with Crippen LogP contribution in [0.2, 0.25) is 0 Å². The van der Waals surface area contributed by atoms with Gasteiger partial charge in [-0.1, -0.05) is 156 Å².